The van der Waals surface area contributed by atoms with Gasteiger partial charge in [-0.15, -0.1) is 0 Å². The van der Waals surface area contributed by atoms with Crippen molar-refractivity contribution in [1.82, 2.24) is 5.32 Å². The van der Waals surface area contributed by atoms with Gasteiger partial charge in [0.25, 0.3) is 11.6 Å². The van der Waals surface area contributed by atoms with Crippen molar-refractivity contribution in [3.05, 3.63) is 69.8 Å². The van der Waals surface area contributed by atoms with Gasteiger partial charge in [0.05, 0.1) is 23.1 Å². The summed E-state index contributed by atoms with van der Waals surface area (Å²) < 4.78 is 0. The van der Waals surface area contributed by atoms with Gasteiger partial charge in [0.15, 0.2) is 0 Å². The van der Waals surface area contributed by atoms with Crippen molar-refractivity contribution in [3.63, 3.8) is 0 Å². The van der Waals surface area contributed by atoms with Gasteiger partial charge in [-0.2, -0.15) is 5.26 Å². The second kappa shape index (κ2) is 10.7. The fourth-order valence-electron chi connectivity index (χ4n) is 1.90. The molecule has 2 rings (SSSR count). The number of nitrogens with zero attached hydrogens (tertiary/aromatic N) is 2. The Balaban J connectivity index is 0.00000122. The number of aromatic carboxylic acids is 1. The third-order valence-electron chi connectivity index (χ3n) is 3.17. The molecule has 0 spiro atoms. The van der Waals surface area contributed by atoms with Gasteiger partial charge in [-0.3, -0.25) is 19.7 Å². The monoisotopic (exact) mass is 384 g/mol. The van der Waals surface area contributed by atoms with Gasteiger partial charge >= 0.3 is 5.97 Å². The summed E-state index contributed by atoms with van der Waals surface area (Å²) in [5, 5.41) is 31.5. The number of carbonyl (C=O) groups is 3. The Morgan fingerprint density at radius 3 is 2.04 bits per heavy atom. The van der Waals surface area contributed by atoms with E-state index in [0.29, 0.717) is 5.69 Å². The van der Waals surface area contributed by atoms with E-state index < -0.39 is 22.7 Å². The molecular formula is C18H16N4O6. The lowest BCUT2D eigenvalue weighted by Gasteiger charge is -2.07. The Hall–Kier alpha value is -4.26. The summed E-state index contributed by atoms with van der Waals surface area (Å²) in [6, 6.07) is 12.3. The number of nitro benzene ring substituents is 1. The van der Waals surface area contributed by atoms with Crippen molar-refractivity contribution in [2.24, 2.45) is 0 Å². The molecule has 0 aliphatic rings. The van der Waals surface area contributed by atoms with Gasteiger partial charge < -0.3 is 15.7 Å². The highest BCUT2D eigenvalue weighted by Crippen LogP contribution is 2.12. The lowest BCUT2D eigenvalue weighted by atomic mass is 10.2. The molecule has 0 atom stereocenters. The zero-order valence-corrected chi connectivity index (χ0v) is 14.7. The van der Waals surface area contributed by atoms with E-state index in [-0.39, 0.29) is 23.4 Å². The average Bonchev–Trinajstić information content (AvgIpc) is 2.67. The second-order valence-corrected chi connectivity index (χ2v) is 5.14. The summed E-state index contributed by atoms with van der Waals surface area (Å²) in [6.07, 6.45) is 0. The molecule has 0 aliphatic carbocycles. The van der Waals surface area contributed by atoms with Crippen molar-refractivity contribution in [2.75, 3.05) is 11.9 Å². The molecule has 2 aromatic rings. The maximum absolute atomic E-state index is 11.9. The van der Waals surface area contributed by atoms with Crippen molar-refractivity contribution in [2.45, 2.75) is 6.92 Å². The van der Waals surface area contributed by atoms with Crippen LogP contribution in [-0.4, -0.2) is 34.4 Å². The third-order valence-corrected chi connectivity index (χ3v) is 3.17. The number of carbonyl (C=O) groups excluding carboxylic acids is 2. The molecule has 144 valence electrons. The first-order valence-corrected chi connectivity index (χ1v) is 7.75. The number of hydrogen-bond donors (Lipinski definition) is 3. The van der Waals surface area contributed by atoms with Crippen LogP contribution in [-0.2, 0) is 4.79 Å². The number of rotatable bonds is 6. The molecule has 0 aliphatic heterocycles. The topological polar surface area (TPSA) is 162 Å². The zero-order chi connectivity index (χ0) is 21.1. The Morgan fingerprint density at radius 1 is 1.07 bits per heavy atom. The fraction of sp³-hybridized carbons (Fsp3) is 0.111. The number of amides is 2. The molecule has 10 nitrogen and oxygen atoms in total. The van der Waals surface area contributed by atoms with E-state index >= 15 is 0 Å². The van der Waals surface area contributed by atoms with Crippen molar-refractivity contribution in [1.29, 1.82) is 5.26 Å². The zero-order valence-electron chi connectivity index (χ0n) is 14.7. The van der Waals surface area contributed by atoms with E-state index in [1.165, 1.54) is 55.5 Å². The minimum Gasteiger partial charge on any atom is -0.478 e. The number of nitro groups is 1. The van der Waals surface area contributed by atoms with Crippen molar-refractivity contribution < 1.29 is 24.4 Å². The Kier molecular flexibility index (Phi) is 8.30. The van der Waals surface area contributed by atoms with Gasteiger partial charge in [0.1, 0.15) is 0 Å². The van der Waals surface area contributed by atoms with E-state index in [1.807, 2.05) is 0 Å². The first-order chi connectivity index (χ1) is 13.3. The van der Waals surface area contributed by atoms with Crippen LogP contribution in [0.5, 0.6) is 0 Å². The number of benzene rings is 2. The first kappa shape index (κ1) is 21.8. The van der Waals surface area contributed by atoms with Crippen LogP contribution in [0.15, 0.2) is 48.5 Å². The summed E-state index contributed by atoms with van der Waals surface area (Å²) in [5.74, 6) is -2.13. The molecule has 0 heterocycles. The van der Waals surface area contributed by atoms with Gasteiger partial charge in [-0.1, -0.05) is 0 Å². The predicted octanol–water partition coefficient (Wildman–Crippen LogP) is 2.19. The molecule has 0 bridgehead atoms. The van der Waals surface area contributed by atoms with Crippen LogP contribution >= 0.6 is 0 Å². The van der Waals surface area contributed by atoms with Crippen LogP contribution in [0.4, 0.5) is 11.4 Å². The number of carboxylic acids is 1. The Morgan fingerprint density at radius 2 is 1.57 bits per heavy atom. The highest BCUT2D eigenvalue weighted by Gasteiger charge is 2.11. The van der Waals surface area contributed by atoms with E-state index in [9.17, 15) is 24.5 Å². The first-order valence-electron chi connectivity index (χ1n) is 7.75. The second-order valence-electron chi connectivity index (χ2n) is 5.14. The molecule has 10 heteroatoms. The highest BCUT2D eigenvalue weighted by molar-refractivity contribution is 5.99. The molecule has 0 fully saturated rings. The van der Waals surface area contributed by atoms with E-state index in [1.54, 1.807) is 6.07 Å². The summed E-state index contributed by atoms with van der Waals surface area (Å²) in [7, 11) is 0. The van der Waals surface area contributed by atoms with Crippen molar-refractivity contribution >= 4 is 29.2 Å². The normalized spacial score (nSPS) is 9.14. The van der Waals surface area contributed by atoms with Crippen LogP contribution in [0.1, 0.15) is 27.6 Å². The largest absolute Gasteiger partial charge is 0.478 e. The maximum Gasteiger partial charge on any atom is 0.335 e. The molecule has 2 amide bonds. The van der Waals surface area contributed by atoms with E-state index in [4.69, 9.17) is 10.4 Å². The Labute approximate surface area is 159 Å². The van der Waals surface area contributed by atoms with Gasteiger partial charge in [-0.25, -0.2) is 4.79 Å². The molecule has 0 radical (unpaired) electrons. The van der Waals surface area contributed by atoms with E-state index in [2.05, 4.69) is 10.6 Å². The predicted molar refractivity (Wildman–Crippen MR) is 98.7 cm³/mol. The third kappa shape index (κ3) is 6.93. The minimum atomic E-state index is -1.08. The summed E-state index contributed by atoms with van der Waals surface area (Å²) in [5.41, 5.74) is 0.521. The molecule has 0 unspecified atom stereocenters. The molecule has 2 aromatic carbocycles. The molecule has 0 saturated carbocycles. The van der Waals surface area contributed by atoms with Gasteiger partial charge in [-0.05, 0) is 36.4 Å². The number of non-ortho nitro benzene ring substituents is 1. The van der Waals surface area contributed by atoms with Gasteiger partial charge in [0, 0.05) is 30.3 Å². The van der Waals surface area contributed by atoms with Crippen LogP contribution in [0.2, 0.25) is 0 Å². The standard InChI is InChI=1S/C16H13N3O6.C2H3N/c20-14(18-12-5-1-11(2-6-12)16(22)23)9-17-15(21)10-3-7-13(8-4-10)19(24)25;1-2-3/h1-8H,9H2,(H,17,21)(H,18,20)(H,22,23);1H3. The molecule has 0 saturated heterocycles. The molecular weight excluding hydrogens is 368 g/mol. The average molecular weight is 384 g/mol. The SMILES string of the molecule is CC#N.O=C(CNC(=O)c1ccc([N+](=O)[O-])cc1)Nc1ccc(C(=O)O)cc1. The smallest absolute Gasteiger partial charge is 0.335 e. The van der Waals surface area contributed by atoms with E-state index in [0.717, 1.165) is 0 Å². The number of anilines is 1. The summed E-state index contributed by atoms with van der Waals surface area (Å²) in [4.78, 5) is 44.4. The fourth-order valence-corrected chi connectivity index (χ4v) is 1.90. The lowest BCUT2D eigenvalue weighted by molar-refractivity contribution is -0.384. The van der Waals surface area contributed by atoms with Crippen molar-refractivity contribution in [3.8, 4) is 6.07 Å². The minimum absolute atomic E-state index is 0.0875. The highest BCUT2D eigenvalue weighted by atomic mass is 16.6. The van der Waals surface area contributed by atoms with Crippen LogP contribution in [0.25, 0.3) is 0 Å². The van der Waals surface area contributed by atoms with Crippen LogP contribution < -0.4 is 10.6 Å². The van der Waals surface area contributed by atoms with Gasteiger partial charge in [0.2, 0.25) is 5.91 Å². The number of hydrogen-bond acceptors (Lipinski definition) is 6. The van der Waals surface area contributed by atoms with Crippen LogP contribution in [0.3, 0.4) is 0 Å². The quantitative estimate of drug-likeness (QED) is 0.507. The molecule has 28 heavy (non-hydrogen) atoms. The maximum atomic E-state index is 11.9. The Bertz CT molecular complexity index is 901. The van der Waals surface area contributed by atoms with Crippen LogP contribution in [0, 0.1) is 21.4 Å². The number of nitrogens with one attached hydrogen (secondary N) is 2. The molecule has 3 N–H and O–H groups in total. The molecule has 0 aromatic heterocycles. The summed E-state index contributed by atoms with van der Waals surface area (Å²) >= 11 is 0. The summed E-state index contributed by atoms with van der Waals surface area (Å²) in [6.45, 7) is 1.12. The number of carboxylic acid groups (broad SMARTS) is 1. The number of nitriles is 1. The lowest BCUT2D eigenvalue weighted by Crippen LogP contribution is -2.32.